The molecular formula is C12H12Br3NO2. The Kier molecular flexibility index (Phi) is 4.01. The van der Waals surface area contributed by atoms with Gasteiger partial charge >= 0.3 is 0 Å². The van der Waals surface area contributed by atoms with Crippen LogP contribution in [-0.4, -0.2) is 38.5 Å². The molecule has 6 heteroatoms. The van der Waals surface area contributed by atoms with Gasteiger partial charge in [0.05, 0.1) is 35.6 Å². The van der Waals surface area contributed by atoms with Crippen LogP contribution >= 0.6 is 47.8 Å². The first-order chi connectivity index (χ1) is 8.65. The summed E-state index contributed by atoms with van der Waals surface area (Å²) >= 11 is 10.8. The van der Waals surface area contributed by atoms with Gasteiger partial charge in [-0.2, -0.15) is 0 Å². The van der Waals surface area contributed by atoms with E-state index in [1.54, 1.807) is 0 Å². The number of benzene rings is 1. The van der Waals surface area contributed by atoms with E-state index in [-0.39, 0.29) is 0 Å². The second-order valence-electron chi connectivity index (χ2n) is 4.51. The number of epoxide rings is 2. The van der Waals surface area contributed by atoms with Crippen LogP contribution < -0.4 is 4.90 Å². The molecule has 2 fully saturated rings. The van der Waals surface area contributed by atoms with E-state index in [0.29, 0.717) is 12.2 Å². The first-order valence-corrected chi connectivity index (χ1v) is 8.14. The summed E-state index contributed by atoms with van der Waals surface area (Å²) < 4.78 is 13.9. The van der Waals surface area contributed by atoms with E-state index in [9.17, 15) is 0 Å². The van der Waals surface area contributed by atoms with Gasteiger partial charge in [-0.25, -0.2) is 0 Å². The van der Waals surface area contributed by atoms with Gasteiger partial charge in [-0.1, -0.05) is 0 Å². The highest BCUT2D eigenvalue weighted by Gasteiger charge is 2.32. The van der Waals surface area contributed by atoms with Crippen LogP contribution in [0, 0.1) is 0 Å². The van der Waals surface area contributed by atoms with Crippen molar-refractivity contribution in [2.45, 2.75) is 12.2 Å². The van der Waals surface area contributed by atoms with Crippen molar-refractivity contribution in [3.8, 4) is 0 Å². The Bertz CT molecular complexity index is 447. The van der Waals surface area contributed by atoms with Gasteiger partial charge in [0.15, 0.2) is 0 Å². The minimum atomic E-state index is 0.363. The Morgan fingerprint density at radius 1 is 1.00 bits per heavy atom. The third kappa shape index (κ3) is 3.10. The highest BCUT2D eigenvalue weighted by Crippen LogP contribution is 2.40. The summed E-state index contributed by atoms with van der Waals surface area (Å²) in [5, 5.41) is 0. The third-order valence-electron chi connectivity index (χ3n) is 2.99. The van der Waals surface area contributed by atoms with Gasteiger partial charge in [-0.15, -0.1) is 0 Å². The molecule has 2 atom stereocenters. The summed E-state index contributed by atoms with van der Waals surface area (Å²) in [6.45, 7) is 3.55. The molecule has 2 aliphatic heterocycles. The van der Waals surface area contributed by atoms with Crippen LogP contribution in [0.5, 0.6) is 0 Å². The van der Waals surface area contributed by atoms with Crippen molar-refractivity contribution >= 4 is 53.5 Å². The van der Waals surface area contributed by atoms with E-state index < -0.39 is 0 Å². The number of hydrogen-bond donors (Lipinski definition) is 0. The number of anilines is 1. The molecular weight excluding hydrogens is 430 g/mol. The summed E-state index contributed by atoms with van der Waals surface area (Å²) in [5.74, 6) is 0. The fourth-order valence-electron chi connectivity index (χ4n) is 1.90. The fourth-order valence-corrected chi connectivity index (χ4v) is 3.67. The first kappa shape index (κ1) is 13.4. The molecule has 2 heterocycles. The van der Waals surface area contributed by atoms with E-state index in [1.807, 2.05) is 6.07 Å². The second-order valence-corrected chi connectivity index (χ2v) is 7.01. The van der Waals surface area contributed by atoms with Gasteiger partial charge in [0, 0.05) is 22.0 Å². The fraction of sp³-hybridized carbons (Fsp3) is 0.500. The highest BCUT2D eigenvalue weighted by molar-refractivity contribution is 9.13. The van der Waals surface area contributed by atoms with Crippen LogP contribution in [0.4, 0.5) is 5.69 Å². The standard InChI is InChI=1S/C12H12Br3NO2/c13-9-1-2-10(14)12(11(9)15)16(3-7-5-17-7)4-8-6-18-8/h1-2,7-8H,3-6H2. The molecule has 98 valence electrons. The Hall–Kier alpha value is 0.380. The van der Waals surface area contributed by atoms with Gasteiger partial charge in [0.1, 0.15) is 0 Å². The molecule has 0 bridgehead atoms. The second kappa shape index (κ2) is 5.40. The summed E-state index contributed by atoms with van der Waals surface area (Å²) in [4.78, 5) is 2.33. The Balaban J connectivity index is 1.88. The number of hydrogen-bond acceptors (Lipinski definition) is 3. The van der Waals surface area contributed by atoms with E-state index >= 15 is 0 Å². The predicted molar refractivity (Wildman–Crippen MR) is 81.2 cm³/mol. The molecule has 0 aliphatic carbocycles. The quantitative estimate of drug-likeness (QED) is 0.516. The van der Waals surface area contributed by atoms with E-state index in [4.69, 9.17) is 9.47 Å². The average molecular weight is 442 g/mol. The third-order valence-corrected chi connectivity index (χ3v) is 5.62. The Morgan fingerprint density at radius 2 is 1.50 bits per heavy atom. The maximum Gasteiger partial charge on any atom is 0.0984 e. The molecule has 0 N–H and O–H groups in total. The average Bonchev–Trinajstić information content (AvgIpc) is 3.19. The van der Waals surface area contributed by atoms with Crippen molar-refractivity contribution in [1.29, 1.82) is 0 Å². The largest absolute Gasteiger partial charge is 0.371 e. The van der Waals surface area contributed by atoms with Gasteiger partial charge < -0.3 is 14.4 Å². The van der Waals surface area contributed by atoms with Crippen molar-refractivity contribution in [1.82, 2.24) is 0 Å². The van der Waals surface area contributed by atoms with Crippen LogP contribution in [0.15, 0.2) is 25.6 Å². The van der Waals surface area contributed by atoms with E-state index in [0.717, 1.165) is 45.4 Å². The van der Waals surface area contributed by atoms with Crippen LogP contribution in [0.1, 0.15) is 0 Å². The van der Waals surface area contributed by atoms with Gasteiger partial charge in [0.25, 0.3) is 0 Å². The number of nitrogens with zero attached hydrogens (tertiary/aromatic N) is 1. The molecule has 0 amide bonds. The highest BCUT2D eigenvalue weighted by atomic mass is 79.9. The zero-order chi connectivity index (χ0) is 12.7. The summed E-state index contributed by atoms with van der Waals surface area (Å²) in [6, 6.07) is 4.08. The van der Waals surface area contributed by atoms with Crippen molar-refractivity contribution in [2.75, 3.05) is 31.2 Å². The minimum absolute atomic E-state index is 0.363. The minimum Gasteiger partial charge on any atom is -0.371 e. The van der Waals surface area contributed by atoms with Crippen molar-refractivity contribution < 1.29 is 9.47 Å². The summed E-state index contributed by atoms with van der Waals surface area (Å²) in [6.07, 6.45) is 0.725. The van der Waals surface area contributed by atoms with Crippen LogP contribution in [0.2, 0.25) is 0 Å². The summed E-state index contributed by atoms with van der Waals surface area (Å²) in [5.41, 5.74) is 1.16. The molecule has 1 aromatic rings. The molecule has 18 heavy (non-hydrogen) atoms. The van der Waals surface area contributed by atoms with E-state index in [1.165, 1.54) is 0 Å². The lowest BCUT2D eigenvalue weighted by atomic mass is 10.2. The van der Waals surface area contributed by atoms with Crippen molar-refractivity contribution in [2.24, 2.45) is 0 Å². The molecule has 0 radical (unpaired) electrons. The number of ether oxygens (including phenoxy) is 2. The van der Waals surface area contributed by atoms with Gasteiger partial charge in [-0.05, 0) is 59.9 Å². The molecule has 3 nitrogen and oxygen atoms in total. The molecule has 2 aliphatic rings. The lowest BCUT2D eigenvalue weighted by molar-refractivity contribution is 0.389. The van der Waals surface area contributed by atoms with Crippen molar-refractivity contribution in [3.05, 3.63) is 25.6 Å². The topological polar surface area (TPSA) is 28.3 Å². The number of halogens is 3. The maximum absolute atomic E-state index is 5.35. The van der Waals surface area contributed by atoms with Crippen LogP contribution in [-0.2, 0) is 9.47 Å². The summed E-state index contributed by atoms with van der Waals surface area (Å²) in [7, 11) is 0. The molecule has 2 unspecified atom stereocenters. The predicted octanol–water partition coefficient (Wildman–Crippen LogP) is 3.58. The first-order valence-electron chi connectivity index (χ1n) is 5.77. The molecule has 2 saturated heterocycles. The molecule has 0 aromatic heterocycles. The molecule has 0 spiro atoms. The molecule has 1 aromatic carbocycles. The Labute approximate surface area is 131 Å². The van der Waals surface area contributed by atoms with Gasteiger partial charge in [-0.3, -0.25) is 0 Å². The van der Waals surface area contributed by atoms with Crippen LogP contribution in [0.25, 0.3) is 0 Å². The van der Waals surface area contributed by atoms with Crippen molar-refractivity contribution in [3.63, 3.8) is 0 Å². The zero-order valence-corrected chi connectivity index (χ0v) is 14.3. The molecule has 3 rings (SSSR count). The maximum atomic E-state index is 5.35. The monoisotopic (exact) mass is 439 g/mol. The Morgan fingerprint density at radius 3 is 2.00 bits per heavy atom. The van der Waals surface area contributed by atoms with Crippen LogP contribution in [0.3, 0.4) is 0 Å². The number of rotatable bonds is 5. The lowest BCUT2D eigenvalue weighted by Crippen LogP contribution is -2.32. The normalized spacial score (nSPS) is 25.1. The van der Waals surface area contributed by atoms with E-state index in [2.05, 4.69) is 58.8 Å². The van der Waals surface area contributed by atoms with Gasteiger partial charge in [0.2, 0.25) is 0 Å². The SMILES string of the molecule is Brc1ccc(Br)c(N(CC2CO2)CC2CO2)c1Br. The zero-order valence-electron chi connectivity index (χ0n) is 9.54. The lowest BCUT2D eigenvalue weighted by Gasteiger charge is -2.26. The smallest absolute Gasteiger partial charge is 0.0984 e. The molecule has 0 saturated carbocycles.